The molecule has 3 rings (SSSR count). The molecule has 0 bridgehead atoms. The molecule has 3 aromatic carbocycles. The first kappa shape index (κ1) is 20.8. The third-order valence-corrected chi connectivity index (χ3v) is 5.22. The summed E-state index contributed by atoms with van der Waals surface area (Å²) in [5.41, 5.74) is 5.43. The van der Waals surface area contributed by atoms with Crippen molar-refractivity contribution in [2.45, 2.75) is 13.2 Å². The molecule has 0 atom stereocenters. The van der Waals surface area contributed by atoms with Gasteiger partial charge in [-0.2, -0.15) is 5.10 Å². The van der Waals surface area contributed by atoms with Crippen molar-refractivity contribution in [3.8, 4) is 5.75 Å². The van der Waals surface area contributed by atoms with Crippen molar-refractivity contribution >= 4 is 52.6 Å². The lowest BCUT2D eigenvalue weighted by Crippen LogP contribution is -2.07. The zero-order valence-electron chi connectivity index (χ0n) is 14.6. The molecule has 28 heavy (non-hydrogen) atoms. The van der Waals surface area contributed by atoms with Crippen molar-refractivity contribution in [2.24, 2.45) is 5.10 Å². The van der Waals surface area contributed by atoms with Crippen LogP contribution in [0.15, 0.2) is 65.8 Å². The van der Waals surface area contributed by atoms with Crippen molar-refractivity contribution in [2.75, 3.05) is 0 Å². The molecule has 144 valence electrons. The molecule has 3 aromatic rings. The van der Waals surface area contributed by atoms with E-state index in [0.29, 0.717) is 39.0 Å². The number of para-hydroxylation sites is 1. The van der Waals surface area contributed by atoms with Crippen LogP contribution in [0.3, 0.4) is 0 Å². The molecule has 0 saturated carbocycles. The van der Waals surface area contributed by atoms with E-state index in [1.54, 1.807) is 36.5 Å². The summed E-state index contributed by atoms with van der Waals surface area (Å²) >= 11 is 24.4. The lowest BCUT2D eigenvalue weighted by Gasteiger charge is -2.10. The Bertz CT molecular complexity index is 972. The largest absolute Gasteiger partial charge is 0.488 e. The molecule has 3 nitrogen and oxygen atoms in total. The summed E-state index contributed by atoms with van der Waals surface area (Å²) in [5, 5.41) is 6.60. The molecule has 1 N–H and O–H groups in total. The van der Waals surface area contributed by atoms with Crippen molar-refractivity contribution in [1.29, 1.82) is 0 Å². The second-order valence-electron chi connectivity index (χ2n) is 5.86. The molecule has 0 spiro atoms. The highest BCUT2D eigenvalue weighted by Crippen LogP contribution is 2.25. The van der Waals surface area contributed by atoms with Crippen molar-refractivity contribution in [3.63, 3.8) is 0 Å². The van der Waals surface area contributed by atoms with Crippen LogP contribution in [-0.2, 0) is 13.2 Å². The monoisotopic (exact) mass is 452 g/mol. The Morgan fingerprint density at radius 1 is 0.857 bits per heavy atom. The number of hydrogen-bond acceptors (Lipinski definition) is 3. The summed E-state index contributed by atoms with van der Waals surface area (Å²) in [6.07, 6.45) is 1.68. The lowest BCUT2D eigenvalue weighted by atomic mass is 10.2. The summed E-state index contributed by atoms with van der Waals surface area (Å²) in [7, 11) is 0. The minimum Gasteiger partial charge on any atom is -0.488 e. The van der Waals surface area contributed by atoms with E-state index in [1.807, 2.05) is 30.3 Å². The SMILES string of the molecule is Clc1ccc(COc2ccccc2/C=N\NCc2c(Cl)cccc2Cl)c(Cl)c1. The Kier molecular flexibility index (Phi) is 7.46. The minimum atomic E-state index is 0.323. The molecule has 0 aliphatic carbocycles. The highest BCUT2D eigenvalue weighted by Gasteiger charge is 2.06. The highest BCUT2D eigenvalue weighted by molar-refractivity contribution is 6.36. The van der Waals surface area contributed by atoms with Crippen LogP contribution in [0.5, 0.6) is 5.75 Å². The molecule has 0 aliphatic rings. The summed E-state index contributed by atoms with van der Waals surface area (Å²) in [5.74, 6) is 0.690. The highest BCUT2D eigenvalue weighted by atomic mass is 35.5. The molecule has 0 unspecified atom stereocenters. The van der Waals surface area contributed by atoms with Gasteiger partial charge in [-0.3, -0.25) is 0 Å². The van der Waals surface area contributed by atoms with E-state index in [2.05, 4.69) is 10.5 Å². The van der Waals surface area contributed by atoms with Gasteiger partial charge < -0.3 is 10.2 Å². The molecule has 0 heterocycles. The van der Waals surface area contributed by atoms with Gasteiger partial charge in [0.15, 0.2) is 0 Å². The van der Waals surface area contributed by atoms with Gasteiger partial charge in [0, 0.05) is 36.8 Å². The van der Waals surface area contributed by atoms with Crippen molar-refractivity contribution in [3.05, 3.63) is 97.4 Å². The van der Waals surface area contributed by atoms with E-state index in [0.717, 1.165) is 16.7 Å². The first-order valence-electron chi connectivity index (χ1n) is 8.39. The van der Waals surface area contributed by atoms with Gasteiger partial charge in [-0.25, -0.2) is 0 Å². The van der Waals surface area contributed by atoms with Crippen LogP contribution >= 0.6 is 46.4 Å². The van der Waals surface area contributed by atoms with Gasteiger partial charge in [0.2, 0.25) is 0 Å². The Morgan fingerprint density at radius 3 is 2.36 bits per heavy atom. The summed E-state index contributed by atoms with van der Waals surface area (Å²) in [4.78, 5) is 0. The second-order valence-corrected chi connectivity index (χ2v) is 7.51. The van der Waals surface area contributed by atoms with Crippen LogP contribution in [0.4, 0.5) is 0 Å². The maximum absolute atomic E-state index is 6.20. The first-order valence-corrected chi connectivity index (χ1v) is 9.90. The molecule has 0 amide bonds. The van der Waals surface area contributed by atoms with Crippen molar-refractivity contribution < 1.29 is 4.74 Å². The van der Waals surface area contributed by atoms with Gasteiger partial charge in [0.25, 0.3) is 0 Å². The average molecular weight is 454 g/mol. The van der Waals surface area contributed by atoms with Gasteiger partial charge in [-0.15, -0.1) is 0 Å². The maximum atomic E-state index is 6.20. The molecule has 0 aliphatic heterocycles. The van der Waals surface area contributed by atoms with Crippen LogP contribution in [0.1, 0.15) is 16.7 Å². The predicted octanol–water partition coefficient (Wildman–Crippen LogP) is 7.00. The van der Waals surface area contributed by atoms with Gasteiger partial charge in [-0.1, -0.05) is 70.7 Å². The zero-order valence-corrected chi connectivity index (χ0v) is 17.7. The molecule has 0 fully saturated rings. The fraction of sp³-hybridized carbons (Fsp3) is 0.0952. The molecule has 0 aromatic heterocycles. The molecule has 7 heteroatoms. The van der Waals surface area contributed by atoms with Crippen LogP contribution in [-0.4, -0.2) is 6.21 Å². The predicted molar refractivity (Wildman–Crippen MR) is 118 cm³/mol. The second kappa shape index (κ2) is 10.0. The number of halogens is 4. The maximum Gasteiger partial charge on any atom is 0.128 e. The molecular weight excluding hydrogens is 438 g/mol. The Balaban J connectivity index is 1.64. The van der Waals surface area contributed by atoms with Gasteiger partial charge >= 0.3 is 0 Å². The zero-order chi connectivity index (χ0) is 19.9. The Labute approximate surface area is 183 Å². The molecular formula is C21H16Cl4N2O. The van der Waals surface area contributed by atoms with E-state index >= 15 is 0 Å². The van der Waals surface area contributed by atoms with E-state index in [1.165, 1.54) is 0 Å². The van der Waals surface area contributed by atoms with E-state index in [9.17, 15) is 0 Å². The van der Waals surface area contributed by atoms with E-state index in [4.69, 9.17) is 51.1 Å². The van der Waals surface area contributed by atoms with Crippen LogP contribution < -0.4 is 10.2 Å². The standard InChI is InChI=1S/C21H16Cl4N2O/c22-16-9-8-15(20(25)10-16)13-28-21-7-2-1-4-14(21)11-26-27-12-17-18(23)5-3-6-19(17)24/h1-11,27H,12-13H2/b26-11-. The average Bonchev–Trinajstić information content (AvgIpc) is 2.67. The first-order chi connectivity index (χ1) is 13.5. The Hall–Kier alpha value is -1.91. The number of ether oxygens (including phenoxy) is 1. The number of rotatable bonds is 7. The Morgan fingerprint density at radius 2 is 1.61 bits per heavy atom. The quantitative estimate of drug-likeness (QED) is 0.308. The van der Waals surface area contributed by atoms with Crippen molar-refractivity contribution in [1.82, 2.24) is 5.43 Å². The van der Waals surface area contributed by atoms with Crippen LogP contribution in [0.25, 0.3) is 0 Å². The number of nitrogens with one attached hydrogen (secondary N) is 1. The number of nitrogens with zero attached hydrogens (tertiary/aromatic N) is 1. The summed E-state index contributed by atoms with van der Waals surface area (Å²) in [6.45, 7) is 0.738. The van der Waals surface area contributed by atoms with Gasteiger partial charge in [0.1, 0.15) is 12.4 Å². The topological polar surface area (TPSA) is 33.6 Å². The fourth-order valence-electron chi connectivity index (χ4n) is 2.45. The minimum absolute atomic E-state index is 0.323. The van der Waals surface area contributed by atoms with Crippen LogP contribution in [0.2, 0.25) is 20.1 Å². The van der Waals surface area contributed by atoms with Crippen LogP contribution in [0, 0.1) is 0 Å². The normalized spacial score (nSPS) is 11.0. The van der Waals surface area contributed by atoms with E-state index < -0.39 is 0 Å². The summed E-state index contributed by atoms with van der Waals surface area (Å²) < 4.78 is 5.91. The smallest absolute Gasteiger partial charge is 0.128 e. The third-order valence-electron chi connectivity index (χ3n) is 3.93. The van der Waals surface area contributed by atoms with Gasteiger partial charge in [0.05, 0.1) is 12.8 Å². The summed E-state index contributed by atoms with van der Waals surface area (Å²) in [6, 6.07) is 18.3. The molecule has 0 radical (unpaired) electrons. The fourth-order valence-corrected chi connectivity index (χ4v) is 3.45. The number of hydrazone groups is 1. The third kappa shape index (κ3) is 5.55. The van der Waals surface area contributed by atoms with Gasteiger partial charge in [-0.05, 0) is 36.4 Å². The van der Waals surface area contributed by atoms with E-state index in [-0.39, 0.29) is 0 Å². The molecule has 0 saturated heterocycles. The number of benzene rings is 3. The lowest BCUT2D eigenvalue weighted by molar-refractivity contribution is 0.306. The number of hydrogen-bond donors (Lipinski definition) is 1.